The summed E-state index contributed by atoms with van der Waals surface area (Å²) in [5.41, 5.74) is 0.274. The van der Waals surface area contributed by atoms with Crippen LogP contribution in [0.5, 0.6) is 0 Å². The van der Waals surface area contributed by atoms with Gasteiger partial charge in [-0.25, -0.2) is 0 Å². The van der Waals surface area contributed by atoms with E-state index in [2.05, 4.69) is 5.32 Å². The van der Waals surface area contributed by atoms with Crippen molar-refractivity contribution in [3.8, 4) is 0 Å². The lowest BCUT2D eigenvalue weighted by molar-refractivity contribution is -0.386. The van der Waals surface area contributed by atoms with E-state index in [-0.39, 0.29) is 29.6 Å². The number of rotatable bonds is 5. The maximum absolute atomic E-state index is 13.0. The number of carbonyl (C=O) groups excluding carboxylic acids is 2. The third kappa shape index (κ3) is 4.47. The lowest BCUT2D eigenvalue weighted by Gasteiger charge is -2.24. The number of nitrogens with zero attached hydrogens (tertiary/aromatic N) is 2. The molecule has 1 aromatic heterocycles. The first kappa shape index (κ1) is 20.6. The predicted molar refractivity (Wildman–Crippen MR) is 106 cm³/mol. The van der Waals surface area contributed by atoms with E-state index in [1.165, 1.54) is 17.2 Å². The maximum Gasteiger partial charge on any atom is 0.273 e. The SMILES string of the molecule is CC(C)(C)c1ccc(C(=O)N2CCCC2C(=O)NCc2ccco2)cc1[N+](=O)[O-]. The highest BCUT2D eigenvalue weighted by atomic mass is 16.6. The molecule has 154 valence electrons. The molecule has 0 aliphatic carbocycles. The second kappa shape index (κ2) is 8.06. The Labute approximate surface area is 169 Å². The topological polar surface area (TPSA) is 106 Å². The van der Waals surface area contributed by atoms with Crippen LogP contribution in [-0.2, 0) is 16.8 Å². The Morgan fingerprint density at radius 2 is 2.07 bits per heavy atom. The number of furan rings is 1. The van der Waals surface area contributed by atoms with Crippen LogP contribution in [0.1, 0.15) is 55.3 Å². The quantitative estimate of drug-likeness (QED) is 0.613. The van der Waals surface area contributed by atoms with Crippen molar-refractivity contribution in [1.29, 1.82) is 0 Å². The van der Waals surface area contributed by atoms with E-state index in [0.29, 0.717) is 30.7 Å². The first-order chi connectivity index (χ1) is 13.7. The fraction of sp³-hybridized carbons (Fsp3) is 0.429. The molecule has 2 amide bonds. The van der Waals surface area contributed by atoms with Crippen LogP contribution in [0.4, 0.5) is 5.69 Å². The van der Waals surface area contributed by atoms with Crippen molar-refractivity contribution in [2.75, 3.05) is 6.54 Å². The van der Waals surface area contributed by atoms with Gasteiger partial charge < -0.3 is 14.6 Å². The van der Waals surface area contributed by atoms with E-state index >= 15 is 0 Å². The molecule has 0 bridgehead atoms. The van der Waals surface area contributed by atoms with Gasteiger partial charge in [-0.1, -0.05) is 26.8 Å². The molecule has 0 radical (unpaired) electrons. The van der Waals surface area contributed by atoms with E-state index < -0.39 is 16.4 Å². The fourth-order valence-corrected chi connectivity index (χ4v) is 3.60. The number of carbonyl (C=O) groups is 2. The predicted octanol–water partition coefficient (Wildman–Crippen LogP) is 3.41. The third-order valence-corrected chi connectivity index (χ3v) is 5.08. The smallest absolute Gasteiger partial charge is 0.273 e. The zero-order chi connectivity index (χ0) is 21.2. The fourth-order valence-electron chi connectivity index (χ4n) is 3.60. The summed E-state index contributed by atoms with van der Waals surface area (Å²) in [6, 6.07) is 7.45. The molecule has 1 unspecified atom stereocenters. The molecule has 8 heteroatoms. The minimum atomic E-state index is -0.598. The van der Waals surface area contributed by atoms with Crippen LogP contribution in [0.15, 0.2) is 41.0 Å². The number of hydrogen-bond acceptors (Lipinski definition) is 5. The van der Waals surface area contributed by atoms with Crippen LogP contribution >= 0.6 is 0 Å². The summed E-state index contributed by atoms with van der Waals surface area (Å²) in [6.07, 6.45) is 2.78. The standard InChI is InChI=1S/C21H25N3O5/c1-21(2,3)16-9-8-14(12-18(16)24(27)28)20(26)23-10-4-7-17(23)19(25)22-13-15-6-5-11-29-15/h5-6,8-9,11-12,17H,4,7,10,13H2,1-3H3,(H,22,25). The van der Waals surface area contributed by atoms with Crippen molar-refractivity contribution in [3.63, 3.8) is 0 Å². The maximum atomic E-state index is 13.0. The molecule has 0 saturated carbocycles. The average molecular weight is 399 g/mol. The second-order valence-electron chi connectivity index (χ2n) is 8.19. The molecule has 29 heavy (non-hydrogen) atoms. The molecule has 8 nitrogen and oxygen atoms in total. The van der Waals surface area contributed by atoms with Crippen molar-refractivity contribution in [3.05, 3.63) is 63.6 Å². The summed E-state index contributed by atoms with van der Waals surface area (Å²) in [4.78, 5) is 38.2. The molecular weight excluding hydrogens is 374 g/mol. The van der Waals surface area contributed by atoms with Gasteiger partial charge in [-0.3, -0.25) is 19.7 Å². The van der Waals surface area contributed by atoms with Gasteiger partial charge in [0.1, 0.15) is 11.8 Å². The van der Waals surface area contributed by atoms with Crippen LogP contribution < -0.4 is 5.32 Å². The molecule has 2 aromatic rings. The Bertz CT molecular complexity index is 915. The molecule has 1 fully saturated rings. The Morgan fingerprint density at radius 1 is 1.31 bits per heavy atom. The van der Waals surface area contributed by atoms with Gasteiger partial charge in [-0.05, 0) is 36.5 Å². The number of nitro benzene ring substituents is 1. The van der Waals surface area contributed by atoms with Crippen LogP contribution in [0, 0.1) is 10.1 Å². The van der Waals surface area contributed by atoms with Crippen LogP contribution in [0.3, 0.4) is 0 Å². The van der Waals surface area contributed by atoms with Crippen molar-refractivity contribution in [1.82, 2.24) is 10.2 Å². The van der Waals surface area contributed by atoms with Crippen LogP contribution in [0.2, 0.25) is 0 Å². The summed E-state index contributed by atoms with van der Waals surface area (Å²) in [6.45, 7) is 6.34. The van der Waals surface area contributed by atoms with E-state index in [9.17, 15) is 19.7 Å². The Hall–Kier alpha value is -3.16. The van der Waals surface area contributed by atoms with Gasteiger partial charge in [0.05, 0.1) is 17.7 Å². The zero-order valence-corrected chi connectivity index (χ0v) is 16.8. The normalized spacial score (nSPS) is 16.7. The second-order valence-corrected chi connectivity index (χ2v) is 8.19. The number of benzene rings is 1. The van der Waals surface area contributed by atoms with E-state index in [4.69, 9.17) is 4.42 Å². The van der Waals surface area contributed by atoms with Gasteiger partial charge in [0.25, 0.3) is 11.6 Å². The third-order valence-electron chi connectivity index (χ3n) is 5.08. The zero-order valence-electron chi connectivity index (χ0n) is 16.8. The molecular formula is C21H25N3O5. The van der Waals surface area contributed by atoms with Crippen LogP contribution in [0.25, 0.3) is 0 Å². The Balaban J connectivity index is 1.78. The summed E-state index contributed by atoms with van der Waals surface area (Å²) in [7, 11) is 0. The minimum Gasteiger partial charge on any atom is -0.467 e. The molecule has 1 saturated heterocycles. The van der Waals surface area contributed by atoms with E-state index in [1.807, 2.05) is 20.8 Å². The summed E-state index contributed by atoms with van der Waals surface area (Å²) < 4.78 is 5.21. The van der Waals surface area contributed by atoms with Crippen molar-refractivity contribution in [2.45, 2.75) is 51.6 Å². The highest BCUT2D eigenvalue weighted by molar-refractivity contribution is 5.98. The number of amides is 2. The number of nitro groups is 1. The van der Waals surface area contributed by atoms with Gasteiger partial charge in [0, 0.05) is 23.7 Å². The lowest BCUT2D eigenvalue weighted by Crippen LogP contribution is -2.45. The number of nitrogens with one attached hydrogen (secondary N) is 1. The molecule has 1 N–H and O–H groups in total. The number of likely N-dealkylation sites (tertiary alicyclic amines) is 1. The summed E-state index contributed by atoms with van der Waals surface area (Å²) in [5, 5.41) is 14.3. The number of hydrogen-bond donors (Lipinski definition) is 1. The van der Waals surface area contributed by atoms with Crippen molar-refractivity contribution < 1.29 is 18.9 Å². The van der Waals surface area contributed by atoms with Gasteiger partial charge >= 0.3 is 0 Å². The highest BCUT2D eigenvalue weighted by Gasteiger charge is 2.35. The van der Waals surface area contributed by atoms with Crippen molar-refractivity contribution >= 4 is 17.5 Å². The molecule has 3 rings (SSSR count). The molecule has 2 heterocycles. The van der Waals surface area contributed by atoms with Crippen molar-refractivity contribution in [2.24, 2.45) is 0 Å². The first-order valence-electron chi connectivity index (χ1n) is 9.58. The molecule has 1 aromatic carbocycles. The van der Waals surface area contributed by atoms with Gasteiger partial charge in [-0.2, -0.15) is 0 Å². The minimum absolute atomic E-state index is 0.0821. The largest absolute Gasteiger partial charge is 0.467 e. The molecule has 1 aliphatic rings. The van der Waals surface area contributed by atoms with Gasteiger partial charge in [0.15, 0.2) is 0 Å². The Kier molecular flexibility index (Phi) is 5.72. The first-order valence-corrected chi connectivity index (χ1v) is 9.58. The monoisotopic (exact) mass is 399 g/mol. The van der Waals surface area contributed by atoms with Gasteiger partial charge in [0.2, 0.25) is 5.91 Å². The van der Waals surface area contributed by atoms with Gasteiger partial charge in [-0.15, -0.1) is 0 Å². The summed E-state index contributed by atoms with van der Waals surface area (Å²) >= 11 is 0. The molecule has 1 aliphatic heterocycles. The average Bonchev–Trinajstić information content (AvgIpc) is 3.36. The van der Waals surface area contributed by atoms with Crippen LogP contribution in [-0.4, -0.2) is 34.2 Å². The highest BCUT2D eigenvalue weighted by Crippen LogP contribution is 2.32. The Morgan fingerprint density at radius 3 is 2.69 bits per heavy atom. The van der Waals surface area contributed by atoms with E-state index in [0.717, 1.165) is 0 Å². The molecule has 0 spiro atoms. The molecule has 1 atom stereocenters. The van der Waals surface area contributed by atoms with E-state index in [1.54, 1.807) is 24.3 Å². The lowest BCUT2D eigenvalue weighted by atomic mass is 9.85. The summed E-state index contributed by atoms with van der Waals surface area (Å²) in [5.74, 6) is -0.000105.